The van der Waals surface area contributed by atoms with Crippen molar-refractivity contribution in [1.82, 2.24) is 4.98 Å². The third-order valence-corrected chi connectivity index (χ3v) is 4.25. The number of fused-ring (bicyclic) bond motifs is 1. The Hall–Kier alpha value is -2.11. The highest BCUT2D eigenvalue weighted by Gasteiger charge is 2.10. The first-order chi connectivity index (χ1) is 10.1. The molecule has 1 aromatic carbocycles. The number of anilines is 1. The molecule has 0 saturated heterocycles. The number of carbonyl (C=O) groups is 1. The minimum atomic E-state index is -1.04. The number of hydrogen-bond acceptors (Lipinski definition) is 4. The summed E-state index contributed by atoms with van der Waals surface area (Å²) in [5.74, 6) is -0.474. The fourth-order valence-electron chi connectivity index (χ4n) is 2.06. The summed E-state index contributed by atoms with van der Waals surface area (Å²) in [5, 5.41) is 14.1. The molecule has 0 radical (unpaired) electrons. The lowest BCUT2D eigenvalue weighted by molar-refractivity contribution is 0.0691. The van der Waals surface area contributed by atoms with Gasteiger partial charge in [0.05, 0.1) is 10.9 Å². The number of carboxylic acids is 1. The first-order valence-corrected chi connectivity index (χ1v) is 7.44. The molecule has 3 aromatic rings. The molecule has 0 atom stereocenters. The second-order valence-electron chi connectivity index (χ2n) is 4.44. The lowest BCUT2D eigenvalue weighted by atomic mass is 10.1. The molecule has 2 N–H and O–H groups in total. The molecular formula is C15H11ClN2O2S. The monoisotopic (exact) mass is 318 g/mol. The highest BCUT2D eigenvalue weighted by atomic mass is 35.5. The molecule has 21 heavy (non-hydrogen) atoms. The Bertz CT molecular complexity index is 816. The van der Waals surface area contributed by atoms with Crippen LogP contribution in [0.5, 0.6) is 0 Å². The molecule has 3 rings (SSSR count). The van der Waals surface area contributed by atoms with Crippen molar-refractivity contribution in [2.24, 2.45) is 0 Å². The van der Waals surface area contributed by atoms with E-state index in [1.54, 1.807) is 6.07 Å². The molecule has 0 amide bonds. The smallest absolute Gasteiger partial charge is 0.354 e. The van der Waals surface area contributed by atoms with E-state index in [1.807, 2.05) is 36.4 Å². The molecule has 4 nitrogen and oxygen atoms in total. The van der Waals surface area contributed by atoms with Gasteiger partial charge in [-0.1, -0.05) is 35.9 Å². The van der Waals surface area contributed by atoms with Gasteiger partial charge in [0.1, 0.15) is 5.82 Å². The Morgan fingerprint density at radius 3 is 2.81 bits per heavy atom. The van der Waals surface area contributed by atoms with Crippen LogP contribution in [-0.2, 0) is 6.54 Å². The Kier molecular flexibility index (Phi) is 3.77. The Morgan fingerprint density at radius 2 is 2.10 bits per heavy atom. The van der Waals surface area contributed by atoms with Crippen LogP contribution in [0.25, 0.3) is 10.8 Å². The summed E-state index contributed by atoms with van der Waals surface area (Å²) < 4.78 is 0.726. The van der Waals surface area contributed by atoms with Crippen molar-refractivity contribution in [2.75, 3.05) is 5.32 Å². The van der Waals surface area contributed by atoms with Gasteiger partial charge in [-0.15, -0.1) is 11.3 Å². The maximum absolute atomic E-state index is 11.2. The van der Waals surface area contributed by atoms with Crippen molar-refractivity contribution in [3.05, 3.63) is 57.4 Å². The van der Waals surface area contributed by atoms with Gasteiger partial charge in [-0.05, 0) is 23.6 Å². The van der Waals surface area contributed by atoms with Crippen LogP contribution >= 0.6 is 22.9 Å². The summed E-state index contributed by atoms with van der Waals surface area (Å²) in [6, 6.07) is 12.9. The molecule has 0 fully saturated rings. The van der Waals surface area contributed by atoms with Crippen LogP contribution in [0.2, 0.25) is 4.34 Å². The average molecular weight is 319 g/mol. The minimum absolute atomic E-state index is 0.0282. The zero-order chi connectivity index (χ0) is 14.8. The summed E-state index contributed by atoms with van der Waals surface area (Å²) in [6.45, 7) is 0.553. The van der Waals surface area contributed by atoms with Crippen LogP contribution in [0.3, 0.4) is 0 Å². The van der Waals surface area contributed by atoms with E-state index in [4.69, 9.17) is 16.7 Å². The number of pyridine rings is 1. The predicted octanol–water partition coefficient (Wildman–Crippen LogP) is 4.26. The standard InChI is InChI=1S/C15H11ClN2O2S/c16-13-6-5-10(21-13)8-17-14-11-4-2-1-3-9(11)7-12(18-14)15(19)20/h1-7H,8H2,(H,17,18)(H,19,20). The molecule has 2 aromatic heterocycles. The van der Waals surface area contributed by atoms with E-state index in [0.717, 1.165) is 20.0 Å². The summed E-state index contributed by atoms with van der Waals surface area (Å²) in [6.07, 6.45) is 0. The Labute approximate surface area is 130 Å². The number of aromatic nitrogens is 1. The highest BCUT2D eigenvalue weighted by molar-refractivity contribution is 7.16. The molecule has 0 aliphatic heterocycles. The number of rotatable bonds is 4. The molecule has 0 aliphatic rings. The van der Waals surface area contributed by atoms with Gasteiger partial charge >= 0.3 is 5.97 Å². The first-order valence-electron chi connectivity index (χ1n) is 6.24. The normalized spacial score (nSPS) is 10.7. The lowest BCUT2D eigenvalue weighted by Gasteiger charge is -2.09. The van der Waals surface area contributed by atoms with Gasteiger partial charge in [-0.25, -0.2) is 9.78 Å². The number of benzene rings is 1. The third kappa shape index (κ3) is 2.99. The minimum Gasteiger partial charge on any atom is -0.477 e. The summed E-state index contributed by atoms with van der Waals surface area (Å²) >= 11 is 7.38. The SMILES string of the molecule is O=C(O)c1cc2ccccc2c(NCc2ccc(Cl)s2)n1. The Balaban J connectivity index is 1.97. The number of aromatic carboxylic acids is 1. The van der Waals surface area contributed by atoms with Gasteiger partial charge in [-0.2, -0.15) is 0 Å². The van der Waals surface area contributed by atoms with Crippen molar-refractivity contribution < 1.29 is 9.90 Å². The maximum Gasteiger partial charge on any atom is 0.354 e. The molecule has 0 saturated carbocycles. The summed E-state index contributed by atoms with van der Waals surface area (Å²) in [4.78, 5) is 16.4. The van der Waals surface area contributed by atoms with Crippen LogP contribution in [-0.4, -0.2) is 16.1 Å². The second-order valence-corrected chi connectivity index (χ2v) is 6.24. The average Bonchev–Trinajstić information content (AvgIpc) is 2.90. The van der Waals surface area contributed by atoms with E-state index in [0.29, 0.717) is 12.4 Å². The fourth-order valence-corrected chi connectivity index (χ4v) is 3.09. The van der Waals surface area contributed by atoms with E-state index in [1.165, 1.54) is 11.3 Å². The fraction of sp³-hybridized carbons (Fsp3) is 0.0667. The van der Waals surface area contributed by atoms with Gasteiger partial charge in [0.25, 0.3) is 0 Å². The Morgan fingerprint density at radius 1 is 1.29 bits per heavy atom. The van der Waals surface area contributed by atoms with Gasteiger partial charge in [0, 0.05) is 10.3 Å². The van der Waals surface area contributed by atoms with Gasteiger partial charge in [0.2, 0.25) is 0 Å². The number of nitrogens with one attached hydrogen (secondary N) is 1. The van der Waals surface area contributed by atoms with Crippen molar-refractivity contribution in [2.45, 2.75) is 6.54 Å². The number of hydrogen-bond donors (Lipinski definition) is 2. The number of carboxylic acid groups (broad SMARTS) is 1. The molecule has 2 heterocycles. The van der Waals surface area contributed by atoms with Crippen molar-refractivity contribution >= 4 is 45.5 Å². The van der Waals surface area contributed by atoms with Crippen molar-refractivity contribution in [3.8, 4) is 0 Å². The van der Waals surface area contributed by atoms with E-state index in [2.05, 4.69) is 10.3 Å². The van der Waals surface area contributed by atoms with Crippen LogP contribution in [0.1, 0.15) is 15.4 Å². The summed E-state index contributed by atoms with van der Waals surface area (Å²) in [5.41, 5.74) is 0.0282. The topological polar surface area (TPSA) is 62.2 Å². The van der Waals surface area contributed by atoms with E-state index >= 15 is 0 Å². The quantitative estimate of drug-likeness (QED) is 0.754. The molecule has 0 aliphatic carbocycles. The predicted molar refractivity (Wildman–Crippen MR) is 85.4 cm³/mol. The van der Waals surface area contributed by atoms with Crippen molar-refractivity contribution in [3.63, 3.8) is 0 Å². The van der Waals surface area contributed by atoms with E-state index in [-0.39, 0.29) is 5.69 Å². The molecular weight excluding hydrogens is 308 g/mol. The van der Waals surface area contributed by atoms with Crippen LogP contribution < -0.4 is 5.32 Å². The number of nitrogens with zero attached hydrogens (tertiary/aromatic N) is 1. The first kappa shape index (κ1) is 13.9. The van der Waals surface area contributed by atoms with E-state index in [9.17, 15) is 4.79 Å². The lowest BCUT2D eigenvalue weighted by Crippen LogP contribution is -2.06. The van der Waals surface area contributed by atoms with Gasteiger partial charge < -0.3 is 10.4 Å². The highest BCUT2D eigenvalue weighted by Crippen LogP contribution is 2.25. The van der Waals surface area contributed by atoms with Crippen LogP contribution in [0.4, 0.5) is 5.82 Å². The maximum atomic E-state index is 11.2. The van der Waals surface area contributed by atoms with Crippen LogP contribution in [0, 0.1) is 0 Å². The van der Waals surface area contributed by atoms with Gasteiger partial charge in [0.15, 0.2) is 5.69 Å². The van der Waals surface area contributed by atoms with Crippen molar-refractivity contribution in [1.29, 1.82) is 0 Å². The molecule has 0 unspecified atom stereocenters. The second kappa shape index (κ2) is 5.71. The third-order valence-electron chi connectivity index (χ3n) is 3.02. The molecule has 6 heteroatoms. The zero-order valence-corrected chi connectivity index (χ0v) is 12.4. The van der Waals surface area contributed by atoms with E-state index < -0.39 is 5.97 Å². The molecule has 0 bridgehead atoms. The number of thiophene rings is 1. The number of halogens is 1. The molecule has 106 valence electrons. The molecule has 0 spiro atoms. The zero-order valence-electron chi connectivity index (χ0n) is 10.8. The van der Waals surface area contributed by atoms with Crippen LogP contribution in [0.15, 0.2) is 42.5 Å². The largest absolute Gasteiger partial charge is 0.477 e. The summed E-state index contributed by atoms with van der Waals surface area (Å²) in [7, 11) is 0. The van der Waals surface area contributed by atoms with Gasteiger partial charge in [-0.3, -0.25) is 0 Å².